The number of alkyl halides is 2. The topological polar surface area (TPSA) is 227 Å². The van der Waals surface area contributed by atoms with Gasteiger partial charge in [0.15, 0.2) is 0 Å². The van der Waals surface area contributed by atoms with Crippen LogP contribution in [0.4, 0.5) is 14.6 Å². The van der Waals surface area contributed by atoms with Crippen LogP contribution in [0.25, 0.3) is 0 Å². The molecule has 3 atom stereocenters. The lowest BCUT2D eigenvalue weighted by Crippen LogP contribution is -2.42. The summed E-state index contributed by atoms with van der Waals surface area (Å²) in [5.74, 6) is -4.19. The van der Waals surface area contributed by atoms with Crippen LogP contribution < -0.4 is 33.5 Å². The standard InChI is InChI=1S/C9H12F2N3O6P.2H3N/c10-9(11)6(15)4(3-21(17,18)19)20-7(9)14-2-1-5(12)13-8(14)16;;/h1-2,4,6-7,15H,3H2,(H2,12,13,16)(H2,17,18,19);2*1H3/t4-,6-,7-;;/m1../s1. The Bertz CT molecular complexity index is 652. The summed E-state index contributed by atoms with van der Waals surface area (Å²) in [7, 11) is -5.19. The van der Waals surface area contributed by atoms with Gasteiger partial charge < -0.3 is 42.2 Å². The van der Waals surface area contributed by atoms with Crippen LogP contribution in [0.15, 0.2) is 17.1 Å². The zero-order chi connectivity index (χ0) is 16.0. The first-order chi connectivity index (χ1) is 9.52. The number of quaternary nitrogens is 2. The van der Waals surface area contributed by atoms with Crippen molar-refractivity contribution in [1.82, 2.24) is 21.9 Å². The summed E-state index contributed by atoms with van der Waals surface area (Å²) < 4.78 is 43.5. The maximum atomic E-state index is 13.9. The molecule has 0 radical (unpaired) electrons. The molecule has 1 aromatic rings. The van der Waals surface area contributed by atoms with E-state index in [0.717, 1.165) is 12.3 Å². The fraction of sp³-hybridized carbons (Fsp3) is 0.556. The molecule has 1 fully saturated rings. The molecule has 0 aliphatic carbocycles. The predicted molar refractivity (Wildman–Crippen MR) is 72.2 cm³/mol. The third kappa shape index (κ3) is 4.29. The molecule has 0 aromatic carbocycles. The Balaban J connectivity index is 0.00000242. The molecule has 2 heterocycles. The van der Waals surface area contributed by atoms with Crippen molar-refractivity contribution in [2.45, 2.75) is 24.4 Å². The van der Waals surface area contributed by atoms with Crippen LogP contribution in [0.5, 0.6) is 0 Å². The van der Waals surface area contributed by atoms with Crippen LogP contribution >= 0.6 is 7.60 Å². The second-order valence-corrected chi connectivity index (χ2v) is 6.07. The summed E-state index contributed by atoms with van der Waals surface area (Å²) in [4.78, 5) is 36.0. The molecule has 1 aromatic heterocycles. The molecule has 11 nitrogen and oxygen atoms in total. The largest absolute Gasteiger partial charge is 0.811 e. The molecule has 0 saturated carbocycles. The van der Waals surface area contributed by atoms with Gasteiger partial charge in [0.1, 0.15) is 11.9 Å². The third-order valence-corrected chi connectivity index (χ3v) is 3.69. The Morgan fingerprint density at radius 3 is 2.52 bits per heavy atom. The Kier molecular flexibility index (Phi) is 6.52. The number of aromatic nitrogens is 2. The van der Waals surface area contributed by atoms with Crippen LogP contribution in [0.2, 0.25) is 0 Å². The van der Waals surface area contributed by atoms with Crippen LogP contribution in [-0.4, -0.2) is 38.9 Å². The van der Waals surface area contributed by atoms with Gasteiger partial charge in [0, 0.05) is 12.4 Å². The van der Waals surface area contributed by atoms with Crippen molar-refractivity contribution in [3.8, 4) is 0 Å². The van der Waals surface area contributed by atoms with E-state index < -0.39 is 43.8 Å². The molecular weight excluding hydrogens is 343 g/mol. The smallest absolute Gasteiger partial charge is 0.351 e. The van der Waals surface area contributed by atoms with Crippen molar-refractivity contribution in [2.75, 3.05) is 11.9 Å². The van der Waals surface area contributed by atoms with Crippen molar-refractivity contribution in [2.24, 2.45) is 0 Å². The van der Waals surface area contributed by atoms with Gasteiger partial charge in [0.2, 0.25) is 6.23 Å². The van der Waals surface area contributed by atoms with E-state index in [1.807, 2.05) is 0 Å². The Hall–Kier alpha value is -1.47. The number of halogens is 2. The molecule has 1 aliphatic rings. The molecular formula is C9H18F2N5O6P. The van der Waals surface area contributed by atoms with Gasteiger partial charge in [-0.15, -0.1) is 0 Å². The van der Waals surface area contributed by atoms with Crippen LogP contribution in [-0.2, 0) is 9.30 Å². The van der Waals surface area contributed by atoms with E-state index in [0.29, 0.717) is 4.57 Å². The maximum absolute atomic E-state index is 13.9. The number of hydrogen-bond acceptors (Lipinski definition) is 8. The maximum Gasteiger partial charge on any atom is 0.351 e. The molecule has 0 amide bonds. The van der Waals surface area contributed by atoms with E-state index >= 15 is 0 Å². The molecule has 11 N–H and O–H groups in total. The van der Waals surface area contributed by atoms with Gasteiger partial charge in [-0.25, -0.2) is 4.79 Å². The zero-order valence-electron chi connectivity index (χ0n) is 12.3. The minimum absolute atomic E-state index is 0. The first-order valence-electron chi connectivity index (χ1n) is 5.59. The summed E-state index contributed by atoms with van der Waals surface area (Å²) >= 11 is 0. The number of aliphatic hydroxyl groups excluding tert-OH is 1. The first-order valence-corrected chi connectivity index (χ1v) is 7.32. The van der Waals surface area contributed by atoms with Gasteiger partial charge in [-0.05, 0) is 6.07 Å². The molecule has 134 valence electrons. The summed E-state index contributed by atoms with van der Waals surface area (Å²) in [6.45, 7) is 0. The lowest BCUT2D eigenvalue weighted by atomic mass is 10.1. The van der Waals surface area contributed by atoms with Crippen molar-refractivity contribution < 1.29 is 33.0 Å². The molecule has 0 unspecified atom stereocenters. The molecule has 1 aliphatic heterocycles. The molecule has 14 heteroatoms. The average molecular weight is 361 g/mol. The van der Waals surface area contributed by atoms with Crippen molar-refractivity contribution in [1.29, 1.82) is 0 Å². The minimum Gasteiger partial charge on any atom is -0.811 e. The number of nitrogen functional groups attached to an aromatic ring is 1. The van der Waals surface area contributed by atoms with E-state index in [9.17, 15) is 33.0 Å². The van der Waals surface area contributed by atoms with Crippen LogP contribution in [0.1, 0.15) is 6.23 Å². The van der Waals surface area contributed by atoms with Crippen molar-refractivity contribution >= 4 is 13.4 Å². The molecule has 0 bridgehead atoms. The Morgan fingerprint density at radius 2 is 2.04 bits per heavy atom. The Labute approximate surface area is 128 Å². The minimum atomic E-state index is -5.19. The van der Waals surface area contributed by atoms with E-state index in [1.165, 1.54) is 0 Å². The molecule has 0 spiro atoms. The number of nitrogens with two attached hydrogens (primary N) is 1. The highest BCUT2D eigenvalue weighted by Crippen LogP contribution is 2.44. The molecule has 23 heavy (non-hydrogen) atoms. The van der Waals surface area contributed by atoms with E-state index in [-0.39, 0.29) is 18.1 Å². The third-order valence-electron chi connectivity index (χ3n) is 2.89. The Morgan fingerprint density at radius 1 is 1.48 bits per heavy atom. The fourth-order valence-corrected chi connectivity index (χ4v) is 2.67. The highest BCUT2D eigenvalue weighted by molar-refractivity contribution is 7.48. The normalized spacial score (nSPS) is 26.2. The monoisotopic (exact) mass is 361 g/mol. The number of hydrogen-bond donors (Lipinski definition) is 4. The first kappa shape index (κ1) is 21.5. The predicted octanol–water partition coefficient (Wildman–Crippen LogP) is -1.61. The van der Waals surface area contributed by atoms with Gasteiger partial charge in [-0.3, -0.25) is 4.57 Å². The van der Waals surface area contributed by atoms with Crippen LogP contribution in [0.3, 0.4) is 0 Å². The summed E-state index contributed by atoms with van der Waals surface area (Å²) in [5.41, 5.74) is 4.04. The van der Waals surface area contributed by atoms with E-state index in [1.54, 1.807) is 0 Å². The number of anilines is 1. The van der Waals surface area contributed by atoms with Gasteiger partial charge in [0.25, 0.3) is 0 Å². The van der Waals surface area contributed by atoms with Gasteiger partial charge >= 0.3 is 11.6 Å². The van der Waals surface area contributed by atoms with Gasteiger partial charge in [0.05, 0.1) is 6.10 Å². The highest BCUT2D eigenvalue weighted by atomic mass is 31.2. The van der Waals surface area contributed by atoms with Gasteiger partial charge in [-0.1, -0.05) is 7.60 Å². The summed E-state index contributed by atoms with van der Waals surface area (Å²) in [6.07, 6.45) is -7.24. The summed E-state index contributed by atoms with van der Waals surface area (Å²) in [5, 5.41) is 9.42. The van der Waals surface area contributed by atoms with Crippen molar-refractivity contribution in [3.63, 3.8) is 0 Å². The van der Waals surface area contributed by atoms with Crippen LogP contribution in [0, 0.1) is 0 Å². The molecule has 2 rings (SSSR count). The van der Waals surface area contributed by atoms with Gasteiger partial charge in [-0.2, -0.15) is 13.8 Å². The lowest BCUT2D eigenvalue weighted by Gasteiger charge is -2.32. The average Bonchev–Trinajstić information content (AvgIpc) is 2.51. The fourth-order valence-electron chi connectivity index (χ4n) is 1.94. The zero-order valence-corrected chi connectivity index (χ0v) is 13.2. The summed E-state index contributed by atoms with van der Waals surface area (Å²) in [6, 6.07) is 1.05. The number of aliphatic hydroxyl groups is 1. The number of nitrogens with zero attached hydrogens (tertiary/aromatic N) is 2. The van der Waals surface area contributed by atoms with E-state index in [4.69, 9.17) is 5.73 Å². The highest BCUT2D eigenvalue weighted by Gasteiger charge is 2.59. The second-order valence-electron chi connectivity index (χ2n) is 4.48. The number of rotatable bonds is 3. The number of ether oxygens (including phenoxy) is 1. The molecule has 1 saturated heterocycles. The van der Waals surface area contributed by atoms with E-state index in [2.05, 4.69) is 9.72 Å². The SMILES string of the molecule is Nc1ccn([C@@H]2O[C@H](CP(=O)([O-])[O-])[C@@H](O)C2(F)F)c(=O)n1.[NH4+].[NH4+]. The second kappa shape index (κ2) is 6.97. The quantitative estimate of drug-likeness (QED) is 0.456. The lowest BCUT2D eigenvalue weighted by molar-refractivity contribution is -0.315. The van der Waals surface area contributed by atoms with Crippen molar-refractivity contribution in [3.05, 3.63) is 22.7 Å².